The van der Waals surface area contributed by atoms with Gasteiger partial charge in [-0.3, -0.25) is 4.90 Å². The van der Waals surface area contributed by atoms with Crippen LogP contribution in [0.25, 0.3) is 0 Å². The first kappa shape index (κ1) is 11.4. The van der Waals surface area contributed by atoms with Gasteiger partial charge in [0.15, 0.2) is 0 Å². The van der Waals surface area contributed by atoms with Gasteiger partial charge in [-0.15, -0.1) is 0 Å². The maximum Gasteiger partial charge on any atom is 0.348 e. The highest BCUT2D eigenvalue weighted by atomic mass is 16.6. The van der Waals surface area contributed by atoms with Crippen LogP contribution in [0.2, 0.25) is 0 Å². The molecule has 0 aromatic heterocycles. The Bertz CT molecular complexity index is 949. The van der Waals surface area contributed by atoms with Gasteiger partial charge in [0.1, 0.15) is 6.10 Å². The fraction of sp³-hybridized carbons (Fsp3) is 0.381. The molecule has 4 nitrogen and oxygen atoms in total. The molecule has 25 heavy (non-hydrogen) atoms. The lowest BCUT2D eigenvalue weighted by atomic mass is 9.84. The molecule has 0 spiro atoms. The van der Waals surface area contributed by atoms with Gasteiger partial charge in [-0.05, 0) is 43.0 Å². The monoisotopic (exact) mass is 342 g/mol. The quantitative estimate of drug-likeness (QED) is 0.868. The second-order valence-corrected chi connectivity index (χ2v) is 6.66. The minimum absolute atomic E-state index is 0.0924. The Labute approximate surface area is 155 Å². The van der Waals surface area contributed by atoms with Crippen molar-refractivity contribution >= 4 is 5.97 Å². The summed E-state index contributed by atoms with van der Waals surface area (Å²) in [6.07, 6.45) is 1.40. The van der Waals surface area contributed by atoms with Crippen LogP contribution in [0.4, 0.5) is 0 Å². The molecule has 2 bridgehead atoms. The van der Waals surface area contributed by atoms with E-state index in [1.165, 1.54) is 12.1 Å². The summed E-state index contributed by atoms with van der Waals surface area (Å²) in [5.41, 5.74) is -2.93. The number of ether oxygens (including phenoxy) is 1. The Morgan fingerprint density at radius 2 is 1.80 bits per heavy atom. The van der Waals surface area contributed by atoms with E-state index in [4.69, 9.17) is 11.6 Å². The molecule has 0 saturated carbocycles. The Morgan fingerprint density at radius 1 is 1.12 bits per heavy atom. The Kier molecular flexibility index (Phi) is 3.03. The molecule has 3 fully saturated rings. The van der Waals surface area contributed by atoms with Crippen LogP contribution in [0.3, 0.4) is 0 Å². The van der Waals surface area contributed by atoms with Gasteiger partial charge in [0, 0.05) is 6.54 Å². The van der Waals surface area contributed by atoms with E-state index in [0.717, 1.165) is 25.9 Å². The number of hydrogen-bond donors (Lipinski definition) is 1. The first-order chi connectivity index (χ1) is 14.2. The van der Waals surface area contributed by atoms with Gasteiger partial charge in [0.2, 0.25) is 5.60 Å². The van der Waals surface area contributed by atoms with Gasteiger partial charge in [-0.2, -0.15) is 0 Å². The van der Waals surface area contributed by atoms with Crippen LogP contribution < -0.4 is 0 Å². The van der Waals surface area contributed by atoms with Gasteiger partial charge in [-0.1, -0.05) is 60.5 Å². The summed E-state index contributed by atoms with van der Waals surface area (Å²) in [6.45, 7) is 2.47. The van der Waals surface area contributed by atoms with Crippen LogP contribution >= 0.6 is 0 Å². The summed E-state index contributed by atoms with van der Waals surface area (Å²) in [4.78, 5) is 15.6. The van der Waals surface area contributed by atoms with Crippen molar-refractivity contribution in [2.45, 2.75) is 24.5 Å². The number of benzene rings is 2. The first-order valence-electron chi connectivity index (χ1n) is 11.0. The van der Waals surface area contributed by atoms with Crippen LogP contribution in [-0.4, -0.2) is 41.7 Å². The minimum atomic E-state index is -2.53. The van der Waals surface area contributed by atoms with E-state index in [-0.39, 0.29) is 11.5 Å². The zero-order valence-corrected chi connectivity index (χ0v) is 13.8. The molecule has 2 aromatic rings. The van der Waals surface area contributed by atoms with Gasteiger partial charge < -0.3 is 9.84 Å². The largest absolute Gasteiger partial charge is 0.458 e. The number of carbonyl (C=O) groups excluding carboxylic acids is 1. The van der Waals surface area contributed by atoms with Crippen molar-refractivity contribution in [1.82, 2.24) is 4.90 Å². The van der Waals surface area contributed by atoms with Crippen LogP contribution in [0.1, 0.15) is 30.8 Å². The lowest BCUT2D eigenvalue weighted by molar-refractivity contribution is -0.177. The molecule has 0 radical (unpaired) electrons. The normalized spacial score (nSPS) is 30.3. The predicted molar refractivity (Wildman–Crippen MR) is 94.9 cm³/mol. The van der Waals surface area contributed by atoms with E-state index in [9.17, 15) is 9.90 Å². The van der Waals surface area contributed by atoms with Gasteiger partial charge in [0.25, 0.3) is 0 Å². The molecule has 0 amide bonds. The zero-order chi connectivity index (χ0) is 21.6. The number of rotatable bonds is 4. The summed E-state index contributed by atoms with van der Waals surface area (Å²) < 4.78 is 46.1. The highest BCUT2D eigenvalue weighted by Gasteiger charge is 2.45. The molecule has 3 saturated heterocycles. The van der Waals surface area contributed by atoms with Crippen LogP contribution in [0, 0.1) is 5.92 Å². The van der Waals surface area contributed by atoms with Crippen molar-refractivity contribution in [3.8, 4) is 0 Å². The third-order valence-electron chi connectivity index (χ3n) is 5.20. The summed E-state index contributed by atoms with van der Waals surface area (Å²) in [5, 5.41) is 11.7. The maximum absolute atomic E-state index is 13.4. The van der Waals surface area contributed by atoms with Crippen LogP contribution in [0.5, 0.6) is 0 Å². The number of nitrogens with zero attached hydrogens (tertiary/aromatic N) is 1. The standard InChI is InChI=1S/C21H23NO3/c23-20(25-19-15-22-13-11-16(19)12-14-22)21(24,17-7-3-1-4-8-17)18-9-5-2-6-10-18/h1-10,16,19,24H,11-15H2/t19-/m0/s1/i1D,3D,4D,7D,8D/t19-,21?. The van der Waals surface area contributed by atoms with Crippen LogP contribution in [0.15, 0.2) is 60.5 Å². The summed E-state index contributed by atoms with van der Waals surface area (Å²) in [5.74, 6) is -0.829. The maximum atomic E-state index is 13.4. The molecule has 2 atom stereocenters. The molecule has 3 aliphatic heterocycles. The van der Waals surface area contributed by atoms with Crippen molar-refractivity contribution in [2.75, 3.05) is 19.6 Å². The lowest BCUT2D eigenvalue weighted by Gasteiger charge is -2.44. The SMILES string of the molecule is [2H]c1c([2H])c([2H])c(C(O)(C(=O)O[C@H]2CN3CCC2CC3)c2ccccc2)c([2H])c1[2H]. The molecule has 130 valence electrons. The molecule has 2 aromatic carbocycles. The first-order valence-corrected chi connectivity index (χ1v) is 8.54. The Hall–Kier alpha value is -2.17. The van der Waals surface area contributed by atoms with Gasteiger partial charge in [-0.25, -0.2) is 4.79 Å². The zero-order valence-electron chi connectivity index (χ0n) is 18.8. The smallest absolute Gasteiger partial charge is 0.348 e. The number of esters is 1. The second kappa shape index (κ2) is 6.62. The molecule has 3 aliphatic rings. The fourth-order valence-corrected chi connectivity index (χ4v) is 3.74. The molecule has 0 aliphatic carbocycles. The molecule has 1 N–H and O–H groups in total. The van der Waals surface area contributed by atoms with E-state index in [0.29, 0.717) is 6.54 Å². The summed E-state index contributed by atoms with van der Waals surface area (Å²) in [6, 6.07) is 4.81. The fourth-order valence-electron chi connectivity index (χ4n) is 3.74. The third-order valence-corrected chi connectivity index (χ3v) is 5.20. The van der Waals surface area contributed by atoms with E-state index < -0.39 is 53.4 Å². The molecule has 5 rings (SSSR count). The van der Waals surface area contributed by atoms with E-state index in [2.05, 4.69) is 4.90 Å². The number of piperidine rings is 3. The second-order valence-electron chi connectivity index (χ2n) is 6.66. The van der Waals surface area contributed by atoms with Crippen molar-refractivity contribution in [1.29, 1.82) is 0 Å². The highest BCUT2D eigenvalue weighted by Crippen LogP contribution is 2.35. The van der Waals surface area contributed by atoms with E-state index in [1.54, 1.807) is 18.2 Å². The number of aliphatic hydroxyl groups is 1. The summed E-state index contributed by atoms with van der Waals surface area (Å²) in [7, 11) is 0. The number of carbonyl (C=O) groups is 1. The van der Waals surface area contributed by atoms with Crippen molar-refractivity contribution < 1.29 is 21.5 Å². The number of fused-ring (bicyclic) bond motifs is 3. The topological polar surface area (TPSA) is 49.8 Å². The van der Waals surface area contributed by atoms with Gasteiger partial charge in [0.05, 0.1) is 6.85 Å². The van der Waals surface area contributed by atoms with Crippen molar-refractivity contribution in [2.24, 2.45) is 5.92 Å². The molecular formula is C21H23NO3. The average molecular weight is 342 g/mol. The van der Waals surface area contributed by atoms with Gasteiger partial charge >= 0.3 is 5.97 Å². The van der Waals surface area contributed by atoms with Crippen LogP contribution in [-0.2, 0) is 15.1 Å². The molecule has 4 heteroatoms. The highest BCUT2D eigenvalue weighted by molar-refractivity contribution is 5.85. The Balaban J connectivity index is 1.82. The molecular weight excluding hydrogens is 314 g/mol. The van der Waals surface area contributed by atoms with Crippen molar-refractivity contribution in [3.05, 3.63) is 71.7 Å². The predicted octanol–water partition coefficient (Wildman–Crippen LogP) is 2.56. The molecule has 1 unspecified atom stereocenters. The van der Waals surface area contributed by atoms with Crippen molar-refractivity contribution in [3.63, 3.8) is 0 Å². The number of hydrogen-bond acceptors (Lipinski definition) is 4. The van der Waals surface area contributed by atoms with E-state index in [1.807, 2.05) is 0 Å². The lowest BCUT2D eigenvalue weighted by Crippen LogP contribution is -2.53. The Morgan fingerprint density at radius 3 is 2.40 bits per heavy atom. The summed E-state index contributed by atoms with van der Waals surface area (Å²) >= 11 is 0. The molecule has 3 heterocycles. The third kappa shape index (κ3) is 2.96. The average Bonchev–Trinajstić information content (AvgIpc) is 2.77. The van der Waals surface area contributed by atoms with E-state index >= 15 is 0 Å². The minimum Gasteiger partial charge on any atom is -0.458 e.